The van der Waals surface area contributed by atoms with E-state index in [0.717, 1.165) is 5.51 Å². The van der Waals surface area contributed by atoms with Crippen LogP contribution in [-0.4, -0.2) is 19.4 Å². The number of nitrogens with zero attached hydrogens (tertiary/aromatic N) is 2. The Morgan fingerprint density at radius 2 is 2.36 bits per heavy atom. The highest BCUT2D eigenvalue weighted by Gasteiger charge is 2.10. The van der Waals surface area contributed by atoms with Gasteiger partial charge in [0.25, 0.3) is 5.69 Å². The maximum atomic E-state index is 10.5. The van der Waals surface area contributed by atoms with Gasteiger partial charge in [0.2, 0.25) is 0 Å². The molecule has 2 rings (SSSR count). The van der Waals surface area contributed by atoms with Crippen LogP contribution in [0.25, 0.3) is 11.1 Å². The Balaban J connectivity index is 2.59. The molecule has 0 radical (unpaired) electrons. The summed E-state index contributed by atoms with van der Waals surface area (Å²) in [5.74, 6) is 0. The molecule has 5 nitrogen and oxygen atoms in total. The lowest BCUT2D eigenvalue weighted by Crippen LogP contribution is -2.09. The lowest BCUT2D eigenvalue weighted by Gasteiger charge is -1.88. The molecule has 1 aromatic heterocycles. The van der Waals surface area contributed by atoms with Gasteiger partial charge in [0.1, 0.15) is 15.0 Å². The monoisotopic (exact) mass is 208 g/mol. The van der Waals surface area contributed by atoms with Crippen molar-refractivity contribution in [1.82, 2.24) is 4.98 Å². The van der Waals surface area contributed by atoms with Gasteiger partial charge in [0.15, 0.2) is 11.1 Å². The lowest BCUT2D eigenvalue weighted by atomic mass is 10.3. The Labute approximate surface area is 81.7 Å². The van der Waals surface area contributed by atoms with Crippen molar-refractivity contribution < 1.29 is 9.34 Å². The Morgan fingerprint density at radius 3 is 3.00 bits per heavy atom. The van der Waals surface area contributed by atoms with E-state index in [0.29, 0.717) is 11.1 Å². The summed E-state index contributed by atoms with van der Waals surface area (Å²) in [7, 11) is -0.447. The molecular weight excluding hydrogens is 200 g/mol. The topological polar surface area (TPSA) is 69.2 Å². The van der Waals surface area contributed by atoms with E-state index in [2.05, 4.69) is 11.5 Å². The van der Waals surface area contributed by atoms with Crippen LogP contribution in [0.5, 0.6) is 0 Å². The first kappa shape index (κ1) is 8.89. The smallest absolute Gasteiger partial charge is 0.271 e. The Bertz CT molecular complexity index is 494. The molecule has 0 unspecified atom stereocenters. The second-order valence-corrected chi connectivity index (χ2v) is 4.18. The fourth-order valence-corrected chi connectivity index (χ4v) is 1.86. The van der Waals surface area contributed by atoms with Crippen LogP contribution in [0.4, 0.5) is 5.69 Å². The third-order valence-corrected chi connectivity index (χ3v) is 2.84. The Hall–Kier alpha value is -1.69. The molecule has 14 heavy (non-hydrogen) atoms. The maximum absolute atomic E-state index is 10.5. The van der Waals surface area contributed by atoms with Crippen LogP contribution >= 0.6 is 0 Å². The Morgan fingerprint density at radius 1 is 1.57 bits per heavy atom. The molecule has 2 aromatic rings. The largest absolute Gasteiger partial charge is 0.446 e. The second-order valence-electron chi connectivity index (χ2n) is 2.87. The van der Waals surface area contributed by atoms with Crippen molar-refractivity contribution >= 4 is 31.8 Å². The standard InChI is InChI=1S/C8H8N2O3Si/c1-14-8-9-6-4-5(10(11)12)2-3-7(6)13-8/h2-4H,14H2,1H3. The minimum Gasteiger partial charge on any atom is -0.446 e. The minimum absolute atomic E-state index is 0.0510. The summed E-state index contributed by atoms with van der Waals surface area (Å²) in [5, 5.41) is 10.5. The van der Waals surface area contributed by atoms with Crippen molar-refractivity contribution in [3.63, 3.8) is 0 Å². The van der Waals surface area contributed by atoms with Crippen LogP contribution in [0.3, 0.4) is 0 Å². The number of benzene rings is 1. The number of hydrogen-bond donors (Lipinski definition) is 0. The number of rotatable bonds is 2. The third kappa shape index (κ3) is 1.39. The number of nitro benzene ring substituents is 1. The normalized spacial score (nSPS) is 11.5. The van der Waals surface area contributed by atoms with Gasteiger partial charge in [-0.1, -0.05) is 6.55 Å². The fourth-order valence-electron chi connectivity index (χ4n) is 1.23. The summed E-state index contributed by atoms with van der Waals surface area (Å²) >= 11 is 0. The van der Waals surface area contributed by atoms with Crippen LogP contribution in [0.1, 0.15) is 0 Å². The van der Waals surface area contributed by atoms with Crippen LogP contribution in [0, 0.1) is 10.1 Å². The average molecular weight is 208 g/mol. The number of fused-ring (bicyclic) bond motifs is 1. The molecule has 0 spiro atoms. The number of aromatic nitrogens is 1. The van der Waals surface area contributed by atoms with E-state index in [1.54, 1.807) is 6.07 Å². The fraction of sp³-hybridized carbons (Fsp3) is 0.125. The lowest BCUT2D eigenvalue weighted by molar-refractivity contribution is -0.384. The molecule has 0 atom stereocenters. The molecule has 1 aromatic carbocycles. The molecule has 0 saturated heterocycles. The zero-order chi connectivity index (χ0) is 10.1. The summed E-state index contributed by atoms with van der Waals surface area (Å²) in [6, 6.07) is 4.45. The van der Waals surface area contributed by atoms with E-state index in [1.165, 1.54) is 12.1 Å². The van der Waals surface area contributed by atoms with Gasteiger partial charge in [-0.3, -0.25) is 10.1 Å². The van der Waals surface area contributed by atoms with E-state index < -0.39 is 14.4 Å². The van der Waals surface area contributed by atoms with Gasteiger partial charge in [0.05, 0.1) is 4.92 Å². The van der Waals surface area contributed by atoms with Gasteiger partial charge in [-0.05, 0) is 6.07 Å². The SMILES string of the molecule is C[SiH2]c1nc2cc([N+](=O)[O-])ccc2o1. The van der Waals surface area contributed by atoms with Gasteiger partial charge in [-0.2, -0.15) is 0 Å². The molecule has 0 fully saturated rings. The first-order valence-corrected chi connectivity index (χ1v) is 6.36. The van der Waals surface area contributed by atoms with Crippen molar-refractivity contribution in [3.8, 4) is 0 Å². The summed E-state index contributed by atoms with van der Waals surface area (Å²) in [6.07, 6.45) is 0. The minimum atomic E-state index is -0.447. The zero-order valence-electron chi connectivity index (χ0n) is 7.56. The molecular formula is C8H8N2O3Si. The Kier molecular flexibility index (Phi) is 2.05. The van der Waals surface area contributed by atoms with E-state index in [-0.39, 0.29) is 5.69 Å². The quantitative estimate of drug-likeness (QED) is 0.411. The molecule has 0 aliphatic rings. The summed E-state index contributed by atoms with van der Waals surface area (Å²) < 4.78 is 5.38. The predicted molar refractivity (Wildman–Crippen MR) is 54.7 cm³/mol. The van der Waals surface area contributed by atoms with Crippen molar-refractivity contribution in [1.29, 1.82) is 0 Å². The molecule has 0 aliphatic carbocycles. The second kappa shape index (κ2) is 3.22. The van der Waals surface area contributed by atoms with Gasteiger partial charge >= 0.3 is 0 Å². The summed E-state index contributed by atoms with van der Waals surface area (Å²) in [4.78, 5) is 14.2. The first-order valence-electron chi connectivity index (χ1n) is 4.24. The van der Waals surface area contributed by atoms with Crippen LogP contribution in [0.2, 0.25) is 6.55 Å². The molecule has 0 amide bonds. The summed E-state index contributed by atoms with van der Waals surface area (Å²) in [5.41, 5.74) is 1.99. The number of hydrogen-bond acceptors (Lipinski definition) is 4. The zero-order valence-corrected chi connectivity index (χ0v) is 8.97. The van der Waals surface area contributed by atoms with Crippen LogP contribution < -0.4 is 5.51 Å². The molecule has 0 aliphatic heterocycles. The van der Waals surface area contributed by atoms with Crippen molar-refractivity contribution in [3.05, 3.63) is 28.3 Å². The van der Waals surface area contributed by atoms with E-state index in [4.69, 9.17) is 4.42 Å². The predicted octanol–water partition coefficient (Wildman–Crippen LogP) is 0.578. The van der Waals surface area contributed by atoms with Crippen molar-refractivity contribution in [2.45, 2.75) is 6.55 Å². The number of non-ortho nitro benzene ring substituents is 1. The number of nitro groups is 1. The van der Waals surface area contributed by atoms with Gasteiger partial charge < -0.3 is 4.42 Å². The molecule has 0 bridgehead atoms. The van der Waals surface area contributed by atoms with Gasteiger partial charge in [-0.25, -0.2) is 4.98 Å². The van der Waals surface area contributed by atoms with Crippen molar-refractivity contribution in [2.24, 2.45) is 0 Å². The molecule has 0 saturated carbocycles. The summed E-state index contributed by atoms with van der Waals surface area (Å²) in [6.45, 7) is 2.05. The third-order valence-electron chi connectivity index (χ3n) is 1.93. The molecule has 0 N–H and O–H groups in total. The van der Waals surface area contributed by atoms with Crippen LogP contribution in [0.15, 0.2) is 22.6 Å². The average Bonchev–Trinajstić information content (AvgIpc) is 2.58. The number of oxazole rings is 1. The molecule has 1 heterocycles. The molecule has 72 valence electrons. The van der Waals surface area contributed by atoms with Crippen LogP contribution in [-0.2, 0) is 0 Å². The highest BCUT2D eigenvalue weighted by molar-refractivity contribution is 6.49. The highest BCUT2D eigenvalue weighted by Crippen LogP contribution is 2.18. The van der Waals surface area contributed by atoms with Gasteiger partial charge in [-0.15, -0.1) is 0 Å². The van der Waals surface area contributed by atoms with Gasteiger partial charge in [0, 0.05) is 12.1 Å². The van der Waals surface area contributed by atoms with Crippen molar-refractivity contribution in [2.75, 3.05) is 0 Å². The highest BCUT2D eigenvalue weighted by atomic mass is 28.2. The van der Waals surface area contributed by atoms with E-state index in [9.17, 15) is 10.1 Å². The maximum Gasteiger partial charge on any atom is 0.271 e. The molecule has 6 heteroatoms. The van der Waals surface area contributed by atoms with E-state index >= 15 is 0 Å². The first-order chi connectivity index (χ1) is 6.70. The van der Waals surface area contributed by atoms with E-state index in [1.807, 2.05) is 0 Å².